The van der Waals surface area contributed by atoms with Crippen LogP contribution in [0.5, 0.6) is 0 Å². The van der Waals surface area contributed by atoms with E-state index in [0.717, 1.165) is 13.2 Å². The minimum atomic E-state index is -5.17. The maximum atomic E-state index is 8.52. The van der Waals surface area contributed by atoms with Gasteiger partial charge in [-0.3, -0.25) is 8.42 Å². The molecule has 0 aliphatic heterocycles. The van der Waals surface area contributed by atoms with Crippen molar-refractivity contribution in [2.24, 2.45) is 0 Å². The SMILES string of the molecule is CCCCCCCCCCCCOCCCCCCCCCCCC.O=S(=O)([O-])[O-].[Na+].[Na+]. The van der Waals surface area contributed by atoms with E-state index in [2.05, 4.69) is 13.8 Å². The second-order valence-corrected chi connectivity index (χ2v) is 9.20. The molecule has 0 rings (SSSR count). The van der Waals surface area contributed by atoms with Crippen LogP contribution in [0.3, 0.4) is 0 Å². The zero-order valence-corrected chi connectivity index (χ0v) is 26.8. The Hall–Kier alpha value is 1.83. The van der Waals surface area contributed by atoms with Gasteiger partial charge in [-0.1, -0.05) is 129 Å². The second-order valence-electron chi connectivity index (χ2n) is 8.38. The second kappa shape index (κ2) is 35.0. The van der Waals surface area contributed by atoms with Crippen molar-refractivity contribution < 1.29 is 81.4 Å². The van der Waals surface area contributed by atoms with Crippen molar-refractivity contribution in [2.45, 2.75) is 142 Å². The first-order chi connectivity index (χ1) is 14.4. The Morgan fingerprint density at radius 2 is 0.656 bits per heavy atom. The van der Waals surface area contributed by atoms with E-state index in [4.69, 9.17) is 22.3 Å². The van der Waals surface area contributed by atoms with Gasteiger partial charge in [0.05, 0.1) is 0 Å². The fourth-order valence-corrected chi connectivity index (χ4v) is 3.49. The third-order valence-electron chi connectivity index (χ3n) is 5.28. The summed E-state index contributed by atoms with van der Waals surface area (Å²) in [6.07, 6.45) is 28.2. The minimum Gasteiger partial charge on any atom is -0.759 e. The molecule has 0 N–H and O–H groups in total. The van der Waals surface area contributed by atoms with Crippen LogP contribution in [0.2, 0.25) is 0 Å². The maximum Gasteiger partial charge on any atom is 1.00 e. The molecule has 5 nitrogen and oxygen atoms in total. The minimum absolute atomic E-state index is 0. The monoisotopic (exact) mass is 496 g/mol. The molecule has 0 bridgehead atoms. The van der Waals surface area contributed by atoms with Crippen molar-refractivity contribution >= 4 is 10.4 Å². The fraction of sp³-hybridized carbons (Fsp3) is 1.00. The van der Waals surface area contributed by atoms with Crippen LogP contribution in [0.1, 0.15) is 142 Å². The van der Waals surface area contributed by atoms with Crippen LogP contribution in [0.25, 0.3) is 0 Å². The number of hydrogen-bond donors (Lipinski definition) is 0. The number of ether oxygens (including phenoxy) is 1. The summed E-state index contributed by atoms with van der Waals surface area (Å²) in [5.41, 5.74) is 0. The van der Waals surface area contributed by atoms with Gasteiger partial charge in [-0.15, -0.1) is 0 Å². The van der Waals surface area contributed by atoms with Crippen LogP contribution < -0.4 is 59.1 Å². The summed E-state index contributed by atoms with van der Waals surface area (Å²) in [5, 5.41) is 0. The summed E-state index contributed by atoms with van der Waals surface area (Å²) in [5.74, 6) is 0. The average molecular weight is 497 g/mol. The van der Waals surface area contributed by atoms with Gasteiger partial charge in [-0.25, -0.2) is 0 Å². The van der Waals surface area contributed by atoms with Crippen LogP contribution in [-0.4, -0.2) is 30.7 Å². The molecule has 0 radical (unpaired) electrons. The molecular formula is C24H50Na2O5S. The van der Waals surface area contributed by atoms with Crippen molar-refractivity contribution in [1.82, 2.24) is 0 Å². The first-order valence-electron chi connectivity index (χ1n) is 12.7. The molecular weight excluding hydrogens is 446 g/mol. The first kappa shape index (κ1) is 41.0. The topological polar surface area (TPSA) is 89.5 Å². The average Bonchev–Trinajstić information content (AvgIpc) is 2.68. The van der Waals surface area contributed by atoms with Gasteiger partial charge in [0.1, 0.15) is 0 Å². The molecule has 0 saturated carbocycles. The molecule has 0 heterocycles. The van der Waals surface area contributed by atoms with Crippen molar-refractivity contribution in [1.29, 1.82) is 0 Å². The predicted molar refractivity (Wildman–Crippen MR) is 125 cm³/mol. The summed E-state index contributed by atoms with van der Waals surface area (Å²) >= 11 is 0. The Labute approximate surface area is 245 Å². The largest absolute Gasteiger partial charge is 1.00 e. The van der Waals surface area contributed by atoms with E-state index in [0.29, 0.717) is 0 Å². The molecule has 0 aromatic carbocycles. The third kappa shape index (κ3) is 53.3. The quantitative estimate of drug-likeness (QED) is 0.0981. The van der Waals surface area contributed by atoms with E-state index < -0.39 is 10.4 Å². The molecule has 0 atom stereocenters. The maximum absolute atomic E-state index is 8.52. The van der Waals surface area contributed by atoms with Crippen molar-refractivity contribution in [3.05, 3.63) is 0 Å². The molecule has 32 heavy (non-hydrogen) atoms. The van der Waals surface area contributed by atoms with Gasteiger partial charge in [-0.2, -0.15) is 0 Å². The normalized spacial score (nSPS) is 10.6. The first-order valence-corrected chi connectivity index (χ1v) is 14.0. The summed E-state index contributed by atoms with van der Waals surface area (Å²) in [6, 6.07) is 0. The van der Waals surface area contributed by atoms with Crippen molar-refractivity contribution in [2.75, 3.05) is 13.2 Å². The third-order valence-corrected chi connectivity index (χ3v) is 5.28. The van der Waals surface area contributed by atoms with Crippen LogP contribution in [0.15, 0.2) is 0 Å². The summed E-state index contributed by atoms with van der Waals surface area (Å²) in [7, 11) is -5.17. The number of hydrogen-bond acceptors (Lipinski definition) is 5. The van der Waals surface area contributed by atoms with E-state index in [-0.39, 0.29) is 59.1 Å². The van der Waals surface area contributed by atoms with Gasteiger partial charge < -0.3 is 13.8 Å². The molecule has 0 aromatic heterocycles. The van der Waals surface area contributed by atoms with Crippen molar-refractivity contribution in [3.8, 4) is 0 Å². The fourth-order valence-electron chi connectivity index (χ4n) is 3.49. The Morgan fingerprint density at radius 3 is 0.875 bits per heavy atom. The molecule has 0 fully saturated rings. The van der Waals surface area contributed by atoms with Gasteiger partial charge in [0.25, 0.3) is 0 Å². The molecule has 0 amide bonds. The van der Waals surface area contributed by atoms with E-state index in [1.54, 1.807) is 0 Å². The van der Waals surface area contributed by atoms with Crippen LogP contribution in [0.4, 0.5) is 0 Å². The molecule has 8 heteroatoms. The zero-order valence-electron chi connectivity index (χ0n) is 22.0. The molecule has 184 valence electrons. The molecule has 0 aliphatic rings. The van der Waals surface area contributed by atoms with Crippen molar-refractivity contribution in [3.63, 3.8) is 0 Å². The van der Waals surface area contributed by atoms with Crippen LogP contribution >= 0.6 is 0 Å². The van der Waals surface area contributed by atoms with E-state index in [9.17, 15) is 0 Å². The summed E-state index contributed by atoms with van der Waals surface area (Å²) in [6.45, 7) is 6.57. The van der Waals surface area contributed by atoms with Gasteiger partial charge in [-0.05, 0) is 12.8 Å². The molecule has 0 aromatic rings. The molecule has 0 spiro atoms. The summed E-state index contributed by atoms with van der Waals surface area (Å²) in [4.78, 5) is 0. The van der Waals surface area contributed by atoms with Gasteiger partial charge >= 0.3 is 59.1 Å². The van der Waals surface area contributed by atoms with E-state index >= 15 is 0 Å². The van der Waals surface area contributed by atoms with Crippen LogP contribution in [-0.2, 0) is 15.1 Å². The smallest absolute Gasteiger partial charge is 0.759 e. The zero-order chi connectivity index (χ0) is 22.8. The van der Waals surface area contributed by atoms with E-state index in [1.165, 1.54) is 128 Å². The molecule has 0 saturated heterocycles. The molecule has 0 aliphatic carbocycles. The van der Waals surface area contributed by atoms with Gasteiger partial charge in [0.15, 0.2) is 0 Å². The van der Waals surface area contributed by atoms with Crippen LogP contribution in [0, 0.1) is 0 Å². The number of rotatable bonds is 22. The Morgan fingerprint density at radius 1 is 0.469 bits per heavy atom. The van der Waals surface area contributed by atoms with E-state index in [1.807, 2.05) is 0 Å². The Balaban J connectivity index is -0.000000501. The molecule has 0 unspecified atom stereocenters. The predicted octanol–water partition coefficient (Wildman–Crippen LogP) is 1.51. The van der Waals surface area contributed by atoms with Gasteiger partial charge in [0, 0.05) is 23.6 Å². The number of unbranched alkanes of at least 4 members (excludes halogenated alkanes) is 18. The Bertz CT molecular complexity index is 379. The summed E-state index contributed by atoms with van der Waals surface area (Å²) < 4.78 is 39.9. The van der Waals surface area contributed by atoms with Gasteiger partial charge in [0.2, 0.25) is 0 Å². The Kier molecular flexibility index (Phi) is 44.8. The standard InChI is InChI=1S/C24H50O.2Na.H2O4S/c1-3-5-7-9-11-13-15-17-19-21-23-25-24-22-20-18-16-14-12-10-8-6-4-2;;;1-5(2,3)4/h3-24H2,1-2H3;;;(H2,1,2,3,4)/q;2*+1;/p-2.